The van der Waals surface area contributed by atoms with E-state index in [0.717, 1.165) is 34.8 Å². The fourth-order valence-electron chi connectivity index (χ4n) is 3.00. The predicted octanol–water partition coefficient (Wildman–Crippen LogP) is 4.72. The van der Waals surface area contributed by atoms with Gasteiger partial charge in [0.25, 0.3) is 5.91 Å². The van der Waals surface area contributed by atoms with Gasteiger partial charge in [0.05, 0.1) is 11.2 Å². The van der Waals surface area contributed by atoms with Crippen molar-refractivity contribution >= 4 is 48.1 Å². The molecule has 0 bridgehead atoms. The molecule has 8 heteroatoms. The molecule has 0 saturated heterocycles. The van der Waals surface area contributed by atoms with Gasteiger partial charge in [0.15, 0.2) is 0 Å². The molecule has 0 spiro atoms. The summed E-state index contributed by atoms with van der Waals surface area (Å²) in [7, 11) is 0. The molecule has 1 amide bonds. The van der Waals surface area contributed by atoms with Gasteiger partial charge in [0, 0.05) is 35.2 Å². The van der Waals surface area contributed by atoms with Gasteiger partial charge >= 0.3 is 0 Å². The number of nitrogens with zero attached hydrogens (tertiary/aromatic N) is 2. The summed E-state index contributed by atoms with van der Waals surface area (Å²) in [6.07, 6.45) is 5.68. The van der Waals surface area contributed by atoms with E-state index in [4.69, 9.17) is 5.73 Å². The van der Waals surface area contributed by atoms with Gasteiger partial charge in [0.2, 0.25) is 0 Å². The van der Waals surface area contributed by atoms with Crippen molar-refractivity contribution in [3.63, 3.8) is 0 Å². The molecular formula is C21H28Cl2N4OS. The van der Waals surface area contributed by atoms with Crippen molar-refractivity contribution in [3.8, 4) is 0 Å². The van der Waals surface area contributed by atoms with E-state index >= 15 is 0 Å². The fourth-order valence-corrected chi connectivity index (χ4v) is 3.78. The lowest BCUT2D eigenvalue weighted by atomic mass is 9.92. The highest BCUT2D eigenvalue weighted by Crippen LogP contribution is 2.23. The number of amides is 1. The van der Waals surface area contributed by atoms with E-state index in [2.05, 4.69) is 24.1 Å². The Morgan fingerprint density at radius 2 is 1.83 bits per heavy atom. The Labute approximate surface area is 188 Å². The lowest BCUT2D eigenvalue weighted by Crippen LogP contribution is -2.52. The number of nitrogens with two attached hydrogens (primary N) is 1. The van der Waals surface area contributed by atoms with Crippen LogP contribution in [0.1, 0.15) is 42.7 Å². The third-order valence-corrected chi connectivity index (χ3v) is 6.09. The highest BCUT2D eigenvalue weighted by atomic mass is 35.5. The standard InChI is InChI=1S/C21H26N4OS.2ClH/c1-3-21(4-2,15-22)24-20(26)16-8-10-18(11-9-16)27-14-17-13-25-12-6-5-7-19(25)23-17;;/h5-13H,3-4,14-15,22H2,1-2H3,(H,24,26);2*1H. The molecule has 0 aliphatic rings. The second-order valence-corrected chi connectivity index (χ2v) is 7.71. The first kappa shape index (κ1) is 25.3. The number of halogens is 2. The van der Waals surface area contributed by atoms with Crippen LogP contribution in [-0.4, -0.2) is 27.4 Å². The number of thioether (sulfide) groups is 1. The summed E-state index contributed by atoms with van der Waals surface area (Å²) < 4.78 is 2.02. The van der Waals surface area contributed by atoms with Crippen LogP contribution in [-0.2, 0) is 5.75 Å². The Balaban J connectivity index is 0.00000210. The SMILES string of the molecule is CCC(CC)(CN)NC(=O)c1ccc(SCc2cn3ccccc3n2)cc1.Cl.Cl. The first-order chi connectivity index (χ1) is 13.1. The number of carbonyl (C=O) groups excluding carboxylic acids is 1. The Morgan fingerprint density at radius 1 is 1.14 bits per heavy atom. The number of aromatic nitrogens is 2. The molecule has 5 nitrogen and oxygen atoms in total. The predicted molar refractivity (Wildman–Crippen MR) is 126 cm³/mol. The maximum absolute atomic E-state index is 12.5. The monoisotopic (exact) mass is 454 g/mol. The normalized spacial score (nSPS) is 10.9. The van der Waals surface area contributed by atoms with E-state index in [1.54, 1.807) is 11.8 Å². The Hall–Kier alpha value is -1.73. The van der Waals surface area contributed by atoms with Crippen molar-refractivity contribution < 1.29 is 4.79 Å². The van der Waals surface area contributed by atoms with Crippen LogP contribution in [0.2, 0.25) is 0 Å². The number of nitrogens with one attached hydrogen (secondary N) is 1. The summed E-state index contributed by atoms with van der Waals surface area (Å²) in [6.45, 7) is 4.55. The molecule has 0 aliphatic heterocycles. The van der Waals surface area contributed by atoms with E-state index in [-0.39, 0.29) is 36.3 Å². The molecule has 158 valence electrons. The van der Waals surface area contributed by atoms with Gasteiger partial charge in [-0.2, -0.15) is 0 Å². The maximum Gasteiger partial charge on any atom is 0.251 e. The highest BCUT2D eigenvalue weighted by molar-refractivity contribution is 7.98. The average Bonchev–Trinajstić information content (AvgIpc) is 3.14. The second-order valence-electron chi connectivity index (χ2n) is 6.66. The van der Waals surface area contributed by atoms with E-state index < -0.39 is 0 Å². The van der Waals surface area contributed by atoms with Gasteiger partial charge in [-0.15, -0.1) is 36.6 Å². The van der Waals surface area contributed by atoms with Crippen molar-refractivity contribution in [2.75, 3.05) is 6.54 Å². The fraction of sp³-hybridized carbons (Fsp3) is 0.333. The highest BCUT2D eigenvalue weighted by Gasteiger charge is 2.26. The van der Waals surface area contributed by atoms with E-state index in [9.17, 15) is 4.79 Å². The van der Waals surface area contributed by atoms with Crippen LogP contribution in [0.5, 0.6) is 0 Å². The zero-order valence-corrected chi connectivity index (χ0v) is 19.1. The van der Waals surface area contributed by atoms with E-state index in [1.807, 2.05) is 59.3 Å². The largest absolute Gasteiger partial charge is 0.345 e. The zero-order valence-electron chi connectivity index (χ0n) is 16.6. The van der Waals surface area contributed by atoms with Crippen molar-refractivity contribution in [1.29, 1.82) is 0 Å². The summed E-state index contributed by atoms with van der Waals surface area (Å²) >= 11 is 1.71. The molecule has 2 aromatic heterocycles. The van der Waals surface area contributed by atoms with E-state index in [0.29, 0.717) is 12.1 Å². The maximum atomic E-state index is 12.5. The first-order valence-electron chi connectivity index (χ1n) is 9.27. The minimum atomic E-state index is -0.326. The van der Waals surface area contributed by atoms with Crippen LogP contribution in [0.4, 0.5) is 0 Å². The zero-order chi connectivity index (χ0) is 19.3. The third-order valence-electron chi connectivity index (χ3n) is 5.04. The molecule has 0 saturated carbocycles. The smallest absolute Gasteiger partial charge is 0.251 e. The molecule has 2 heterocycles. The lowest BCUT2D eigenvalue weighted by molar-refractivity contribution is 0.0895. The molecule has 0 atom stereocenters. The molecule has 3 aromatic rings. The summed E-state index contributed by atoms with van der Waals surface area (Å²) in [4.78, 5) is 18.3. The first-order valence-corrected chi connectivity index (χ1v) is 10.3. The molecule has 3 rings (SSSR count). The van der Waals surface area contributed by atoms with Crippen molar-refractivity contribution in [2.24, 2.45) is 5.73 Å². The van der Waals surface area contributed by atoms with Crippen LogP contribution in [0.3, 0.4) is 0 Å². The van der Waals surface area contributed by atoms with Crippen molar-refractivity contribution in [3.05, 3.63) is 66.1 Å². The van der Waals surface area contributed by atoms with Crippen LogP contribution in [0, 0.1) is 0 Å². The molecule has 0 radical (unpaired) electrons. The van der Waals surface area contributed by atoms with Gasteiger partial charge < -0.3 is 15.5 Å². The molecular weight excluding hydrogens is 427 g/mol. The second kappa shape index (κ2) is 11.5. The van der Waals surface area contributed by atoms with Crippen molar-refractivity contribution in [1.82, 2.24) is 14.7 Å². The number of carbonyl (C=O) groups is 1. The van der Waals surface area contributed by atoms with Gasteiger partial charge in [-0.1, -0.05) is 19.9 Å². The topological polar surface area (TPSA) is 72.4 Å². The third kappa shape index (κ3) is 6.12. The minimum absolute atomic E-state index is 0. The quantitative estimate of drug-likeness (QED) is 0.483. The molecule has 0 fully saturated rings. The Bertz CT molecular complexity index is 869. The average molecular weight is 455 g/mol. The summed E-state index contributed by atoms with van der Waals surface area (Å²) in [5.74, 6) is 0.718. The number of pyridine rings is 1. The number of hydrogen-bond donors (Lipinski definition) is 2. The lowest BCUT2D eigenvalue weighted by Gasteiger charge is -2.31. The molecule has 29 heavy (non-hydrogen) atoms. The number of benzene rings is 1. The van der Waals surface area contributed by atoms with Gasteiger partial charge in [-0.25, -0.2) is 4.98 Å². The summed E-state index contributed by atoms with van der Waals surface area (Å²) in [5.41, 5.74) is 8.20. The van der Waals surface area contributed by atoms with Crippen LogP contribution >= 0.6 is 36.6 Å². The number of rotatable bonds is 8. The van der Waals surface area contributed by atoms with E-state index in [1.165, 1.54) is 0 Å². The minimum Gasteiger partial charge on any atom is -0.345 e. The number of hydrogen-bond acceptors (Lipinski definition) is 4. The molecule has 0 unspecified atom stereocenters. The van der Waals surface area contributed by atoms with Crippen LogP contribution in [0.15, 0.2) is 59.8 Å². The van der Waals surface area contributed by atoms with Gasteiger partial charge in [-0.3, -0.25) is 4.79 Å². The number of imidazole rings is 1. The van der Waals surface area contributed by atoms with Crippen LogP contribution in [0.25, 0.3) is 5.65 Å². The van der Waals surface area contributed by atoms with Crippen molar-refractivity contribution in [2.45, 2.75) is 42.9 Å². The summed E-state index contributed by atoms with van der Waals surface area (Å²) in [6, 6.07) is 13.7. The molecule has 3 N–H and O–H groups in total. The molecule has 0 aliphatic carbocycles. The van der Waals surface area contributed by atoms with Crippen LogP contribution < -0.4 is 11.1 Å². The Kier molecular flexibility index (Phi) is 10.00. The Morgan fingerprint density at radius 3 is 2.41 bits per heavy atom. The molecule has 1 aromatic carbocycles. The number of fused-ring (bicyclic) bond motifs is 1. The van der Waals surface area contributed by atoms with Gasteiger partial charge in [0.1, 0.15) is 5.65 Å². The van der Waals surface area contributed by atoms with Gasteiger partial charge in [-0.05, 0) is 49.2 Å². The summed E-state index contributed by atoms with van der Waals surface area (Å²) in [5, 5.41) is 3.10.